The van der Waals surface area contributed by atoms with Gasteiger partial charge in [-0.2, -0.15) is 0 Å². The van der Waals surface area contributed by atoms with E-state index in [1.54, 1.807) is 0 Å². The van der Waals surface area contributed by atoms with Crippen molar-refractivity contribution >= 4 is 44.0 Å². The molecular weight excluding hydrogens is 457 g/mol. The molecule has 0 radical (unpaired) electrons. The first-order valence-electron chi connectivity index (χ1n) is 9.40. The molecule has 4 rings (SSSR count). The molecule has 7 nitrogen and oxygen atoms in total. The van der Waals surface area contributed by atoms with Gasteiger partial charge in [0.05, 0.1) is 16.3 Å². The van der Waals surface area contributed by atoms with Crippen molar-refractivity contribution in [3.8, 4) is 0 Å². The van der Waals surface area contributed by atoms with E-state index < -0.39 is 34.1 Å². The molecule has 3 aromatic rings. The molecule has 166 valence electrons. The number of anilines is 2. The van der Waals surface area contributed by atoms with E-state index in [1.165, 1.54) is 16.7 Å². The van der Waals surface area contributed by atoms with Gasteiger partial charge in [-0.1, -0.05) is 11.6 Å². The molecule has 0 spiro atoms. The van der Waals surface area contributed by atoms with Crippen LogP contribution in [0.4, 0.5) is 24.5 Å². The number of nitrogens with one attached hydrogen (secondary N) is 1. The number of nitrogens with zero attached hydrogens (tertiary/aromatic N) is 3. The third-order valence-corrected chi connectivity index (χ3v) is 6.23. The number of benzene rings is 1. The second-order valence-corrected chi connectivity index (χ2v) is 9.54. The average Bonchev–Trinajstić information content (AvgIpc) is 3.09. The first-order valence-corrected chi connectivity index (χ1v) is 11.7. The van der Waals surface area contributed by atoms with Crippen LogP contribution >= 0.6 is 11.6 Å². The summed E-state index contributed by atoms with van der Waals surface area (Å²) in [6.07, 6.45) is -0.494. The summed E-state index contributed by atoms with van der Waals surface area (Å²) in [7, 11) is -3.79. The zero-order chi connectivity index (χ0) is 22.3. The fourth-order valence-corrected chi connectivity index (χ4v) is 4.60. The molecule has 1 fully saturated rings. The predicted molar refractivity (Wildman–Crippen MR) is 109 cm³/mol. The Morgan fingerprint density at radius 2 is 2.00 bits per heavy atom. The van der Waals surface area contributed by atoms with Gasteiger partial charge < -0.3 is 10.1 Å². The van der Waals surface area contributed by atoms with Crippen LogP contribution in [-0.4, -0.2) is 35.8 Å². The minimum atomic E-state index is -3.79. The highest BCUT2D eigenvalue weighted by molar-refractivity contribution is 7.90. The van der Waals surface area contributed by atoms with Crippen LogP contribution in [0.1, 0.15) is 37.7 Å². The quantitative estimate of drug-likeness (QED) is 0.523. The monoisotopic (exact) mass is 474 g/mol. The molecule has 1 atom stereocenters. The molecular formula is C19H18ClF3N4O3S. The SMILES string of the molecule is CS(=O)(=O)c1cc(F)ccc1Nc1cc(Cl)nc2c1nc(C(F)F)n2C1CCCCO1. The van der Waals surface area contributed by atoms with E-state index in [0.717, 1.165) is 31.2 Å². The standard InChI is InChI=1S/C19H18ClF3N4O3S/c1-31(28,29)13-8-10(21)5-6-11(13)24-12-9-14(20)25-18-16(12)26-19(17(22)23)27(18)15-4-2-3-7-30-15/h5-6,8-9,15,17H,2-4,7H2,1H3,(H,24,25). The van der Waals surface area contributed by atoms with Gasteiger partial charge in [-0.15, -0.1) is 0 Å². The summed E-state index contributed by atoms with van der Waals surface area (Å²) in [6, 6.07) is 4.53. The molecule has 0 saturated carbocycles. The van der Waals surface area contributed by atoms with Gasteiger partial charge in [-0.3, -0.25) is 4.57 Å². The van der Waals surface area contributed by atoms with E-state index in [1.807, 2.05) is 0 Å². The lowest BCUT2D eigenvalue weighted by Crippen LogP contribution is -2.20. The van der Waals surface area contributed by atoms with E-state index >= 15 is 0 Å². The largest absolute Gasteiger partial charge is 0.358 e. The minimum Gasteiger partial charge on any atom is -0.358 e. The minimum absolute atomic E-state index is 0.0178. The molecule has 3 heterocycles. The number of fused-ring (bicyclic) bond motifs is 1. The summed E-state index contributed by atoms with van der Waals surface area (Å²) >= 11 is 6.15. The highest BCUT2D eigenvalue weighted by Gasteiger charge is 2.29. The van der Waals surface area contributed by atoms with Crippen LogP contribution in [0.3, 0.4) is 0 Å². The zero-order valence-corrected chi connectivity index (χ0v) is 17.9. The number of hydrogen-bond acceptors (Lipinski definition) is 6. The molecule has 0 bridgehead atoms. The Bertz CT molecular complexity index is 1240. The molecule has 1 aliphatic rings. The second kappa shape index (κ2) is 8.29. The van der Waals surface area contributed by atoms with Crippen molar-refractivity contribution in [3.63, 3.8) is 0 Å². The van der Waals surface area contributed by atoms with E-state index in [2.05, 4.69) is 15.3 Å². The Hall–Kier alpha value is -2.37. The maximum Gasteiger partial charge on any atom is 0.295 e. The Kier molecular flexibility index (Phi) is 5.84. The molecule has 1 aromatic carbocycles. The van der Waals surface area contributed by atoms with Crippen LogP contribution < -0.4 is 5.32 Å². The first-order chi connectivity index (χ1) is 14.6. The van der Waals surface area contributed by atoms with E-state index in [0.29, 0.717) is 13.0 Å². The summed E-state index contributed by atoms with van der Waals surface area (Å²) in [5.74, 6) is -1.26. The average molecular weight is 475 g/mol. The van der Waals surface area contributed by atoms with Crippen LogP contribution in [0.2, 0.25) is 5.15 Å². The molecule has 1 unspecified atom stereocenters. The van der Waals surface area contributed by atoms with Crippen molar-refractivity contribution in [3.05, 3.63) is 41.1 Å². The van der Waals surface area contributed by atoms with Crippen molar-refractivity contribution in [2.24, 2.45) is 0 Å². The van der Waals surface area contributed by atoms with Crippen LogP contribution in [0.5, 0.6) is 0 Å². The Balaban J connectivity index is 1.89. The lowest BCUT2D eigenvalue weighted by atomic mass is 10.2. The Morgan fingerprint density at radius 1 is 1.23 bits per heavy atom. The fourth-order valence-electron chi connectivity index (χ4n) is 3.56. The highest BCUT2D eigenvalue weighted by atomic mass is 35.5. The van der Waals surface area contributed by atoms with E-state index in [9.17, 15) is 21.6 Å². The molecule has 31 heavy (non-hydrogen) atoms. The predicted octanol–water partition coefficient (Wildman–Crippen LogP) is 5.01. The topological polar surface area (TPSA) is 86.1 Å². The molecule has 1 aliphatic heterocycles. The number of alkyl halides is 2. The van der Waals surface area contributed by atoms with Gasteiger partial charge in [-0.25, -0.2) is 31.6 Å². The fraction of sp³-hybridized carbons (Fsp3) is 0.368. The zero-order valence-electron chi connectivity index (χ0n) is 16.3. The molecule has 12 heteroatoms. The molecule has 0 amide bonds. The van der Waals surface area contributed by atoms with Gasteiger partial charge in [-0.05, 0) is 37.5 Å². The summed E-state index contributed by atoms with van der Waals surface area (Å²) in [4.78, 5) is 7.94. The molecule has 1 saturated heterocycles. The van der Waals surface area contributed by atoms with Gasteiger partial charge >= 0.3 is 0 Å². The van der Waals surface area contributed by atoms with Crippen molar-refractivity contribution in [1.82, 2.24) is 14.5 Å². The first kappa shape index (κ1) is 21.8. The molecule has 0 aliphatic carbocycles. The number of hydrogen-bond donors (Lipinski definition) is 1. The number of sulfone groups is 1. The maximum absolute atomic E-state index is 13.8. The van der Waals surface area contributed by atoms with E-state index in [-0.39, 0.29) is 32.6 Å². The summed E-state index contributed by atoms with van der Waals surface area (Å²) in [5, 5.41) is 2.82. The van der Waals surface area contributed by atoms with Crippen LogP contribution in [0.25, 0.3) is 11.2 Å². The van der Waals surface area contributed by atoms with Crippen molar-refractivity contribution in [2.45, 2.75) is 36.8 Å². The Labute approximate surface area is 181 Å². The van der Waals surface area contributed by atoms with Crippen LogP contribution in [0.15, 0.2) is 29.2 Å². The number of rotatable bonds is 5. The Morgan fingerprint density at radius 3 is 2.65 bits per heavy atom. The third kappa shape index (κ3) is 4.35. The second-order valence-electron chi connectivity index (χ2n) is 7.16. The number of halogens is 4. The van der Waals surface area contributed by atoms with Crippen LogP contribution in [0, 0.1) is 5.82 Å². The smallest absolute Gasteiger partial charge is 0.295 e. The van der Waals surface area contributed by atoms with Crippen molar-refractivity contribution in [2.75, 3.05) is 18.2 Å². The van der Waals surface area contributed by atoms with Gasteiger partial charge in [0.25, 0.3) is 6.43 Å². The molecule has 1 N–H and O–H groups in total. The summed E-state index contributed by atoms with van der Waals surface area (Å²) in [6.45, 7) is 0.423. The van der Waals surface area contributed by atoms with Gasteiger partial charge in [0.1, 0.15) is 22.7 Å². The van der Waals surface area contributed by atoms with Gasteiger partial charge in [0.15, 0.2) is 21.3 Å². The van der Waals surface area contributed by atoms with Gasteiger partial charge in [0, 0.05) is 18.9 Å². The molecule has 2 aromatic heterocycles. The maximum atomic E-state index is 13.8. The summed E-state index contributed by atoms with van der Waals surface area (Å²) < 4.78 is 72.4. The lowest BCUT2D eigenvalue weighted by molar-refractivity contribution is -0.0363. The van der Waals surface area contributed by atoms with Gasteiger partial charge in [0.2, 0.25) is 0 Å². The van der Waals surface area contributed by atoms with Crippen LogP contribution in [-0.2, 0) is 14.6 Å². The number of pyridine rings is 1. The van der Waals surface area contributed by atoms with Crippen molar-refractivity contribution in [1.29, 1.82) is 0 Å². The van der Waals surface area contributed by atoms with Crippen molar-refractivity contribution < 1.29 is 26.3 Å². The summed E-state index contributed by atoms with van der Waals surface area (Å²) in [5.41, 5.74) is 0.357. The van der Waals surface area contributed by atoms with E-state index in [4.69, 9.17) is 16.3 Å². The lowest BCUT2D eigenvalue weighted by Gasteiger charge is -2.25. The number of imidazole rings is 1. The third-order valence-electron chi connectivity index (χ3n) is 4.90. The number of ether oxygens (including phenoxy) is 1. The normalized spacial score (nSPS) is 17.4. The number of aromatic nitrogens is 3. The highest BCUT2D eigenvalue weighted by Crippen LogP contribution is 2.37.